The first kappa shape index (κ1) is 13.8. The minimum absolute atomic E-state index is 0.00956. The van der Waals surface area contributed by atoms with Crippen molar-refractivity contribution < 1.29 is 9.18 Å². The summed E-state index contributed by atoms with van der Waals surface area (Å²) in [4.78, 5) is 11.4. The first-order chi connectivity index (χ1) is 7.41. The lowest BCUT2D eigenvalue weighted by Gasteiger charge is -2.11. The molecule has 16 heavy (non-hydrogen) atoms. The summed E-state index contributed by atoms with van der Waals surface area (Å²) in [7, 11) is 0. The zero-order chi connectivity index (χ0) is 12.3. The van der Waals surface area contributed by atoms with Gasteiger partial charge in [0.1, 0.15) is 11.6 Å². The van der Waals surface area contributed by atoms with Crippen LogP contribution in [-0.4, -0.2) is 10.6 Å². The van der Waals surface area contributed by atoms with Gasteiger partial charge in [-0.2, -0.15) is 0 Å². The fourth-order valence-corrected chi connectivity index (χ4v) is 2.48. The maximum absolute atomic E-state index is 13.2. The molecule has 1 rings (SSSR count). The zero-order valence-corrected chi connectivity index (χ0v) is 12.3. The molecular formula is C12H13Br2FO. The molecule has 0 saturated carbocycles. The summed E-state index contributed by atoms with van der Waals surface area (Å²) in [6.45, 7) is 3.72. The molecule has 1 unspecified atom stereocenters. The van der Waals surface area contributed by atoms with Crippen LogP contribution in [0.3, 0.4) is 0 Å². The van der Waals surface area contributed by atoms with Gasteiger partial charge in [0.25, 0.3) is 0 Å². The van der Waals surface area contributed by atoms with E-state index in [-0.39, 0.29) is 22.3 Å². The van der Waals surface area contributed by atoms with Crippen LogP contribution in [0.15, 0.2) is 22.7 Å². The molecule has 88 valence electrons. The van der Waals surface area contributed by atoms with Gasteiger partial charge in [-0.05, 0) is 40.0 Å². The van der Waals surface area contributed by atoms with E-state index < -0.39 is 0 Å². The van der Waals surface area contributed by atoms with Gasteiger partial charge in [0.2, 0.25) is 0 Å². The van der Waals surface area contributed by atoms with Crippen LogP contribution in [-0.2, 0) is 11.2 Å². The van der Waals surface area contributed by atoms with Gasteiger partial charge in [-0.15, -0.1) is 0 Å². The van der Waals surface area contributed by atoms with Gasteiger partial charge in [0.15, 0.2) is 0 Å². The third-order valence-corrected chi connectivity index (χ3v) is 3.69. The topological polar surface area (TPSA) is 17.1 Å². The Balaban J connectivity index is 2.73. The highest BCUT2D eigenvalue weighted by molar-refractivity contribution is 9.10. The Morgan fingerprint density at radius 3 is 2.56 bits per heavy atom. The number of carbonyl (C=O) groups is 1. The smallest absolute Gasteiger partial charge is 0.149 e. The largest absolute Gasteiger partial charge is 0.298 e. The van der Waals surface area contributed by atoms with Gasteiger partial charge in [0, 0.05) is 5.92 Å². The van der Waals surface area contributed by atoms with Crippen LogP contribution < -0.4 is 0 Å². The number of Topliss-reactive ketones (excluding diaryl/α,β-unsaturated/α-hetero) is 1. The molecule has 0 bridgehead atoms. The summed E-state index contributed by atoms with van der Waals surface area (Å²) < 4.78 is 13.7. The Morgan fingerprint density at radius 2 is 2.06 bits per heavy atom. The minimum atomic E-state index is -0.297. The van der Waals surface area contributed by atoms with Crippen molar-refractivity contribution in [1.29, 1.82) is 0 Å². The summed E-state index contributed by atoms with van der Waals surface area (Å²) in [5.41, 5.74) is 0.816. The average Bonchev–Trinajstić information content (AvgIpc) is 2.22. The van der Waals surface area contributed by atoms with Crippen molar-refractivity contribution in [3.8, 4) is 0 Å². The quantitative estimate of drug-likeness (QED) is 0.746. The molecule has 0 amide bonds. The number of halogens is 3. The van der Waals surface area contributed by atoms with Gasteiger partial charge in [-0.1, -0.05) is 35.8 Å². The lowest BCUT2D eigenvalue weighted by Crippen LogP contribution is -2.21. The molecule has 0 aliphatic heterocycles. The number of alkyl halides is 1. The molecule has 4 heteroatoms. The fourth-order valence-electron chi connectivity index (χ4n) is 1.34. The van der Waals surface area contributed by atoms with E-state index >= 15 is 0 Å². The number of ketones is 1. The normalized spacial score (nSPS) is 12.9. The first-order valence-electron chi connectivity index (χ1n) is 5.03. The third kappa shape index (κ3) is 3.67. The van der Waals surface area contributed by atoms with E-state index in [1.165, 1.54) is 6.07 Å². The summed E-state index contributed by atoms with van der Waals surface area (Å²) >= 11 is 6.43. The monoisotopic (exact) mass is 350 g/mol. The van der Waals surface area contributed by atoms with Gasteiger partial charge < -0.3 is 0 Å². The molecule has 1 nitrogen and oxygen atoms in total. The summed E-state index contributed by atoms with van der Waals surface area (Å²) in [6.07, 6.45) is 0.515. The second-order valence-electron chi connectivity index (χ2n) is 3.98. The highest BCUT2D eigenvalue weighted by Crippen LogP contribution is 2.20. The highest BCUT2D eigenvalue weighted by Gasteiger charge is 2.18. The molecular weight excluding hydrogens is 339 g/mol. The summed E-state index contributed by atoms with van der Waals surface area (Å²) in [5.74, 6) is -0.165. The van der Waals surface area contributed by atoms with Crippen molar-refractivity contribution in [1.82, 2.24) is 0 Å². The number of benzene rings is 1. The second kappa shape index (κ2) is 5.92. The van der Waals surface area contributed by atoms with E-state index in [0.29, 0.717) is 10.9 Å². The minimum Gasteiger partial charge on any atom is -0.298 e. The van der Waals surface area contributed by atoms with Crippen molar-refractivity contribution in [2.24, 2.45) is 5.92 Å². The Bertz CT molecular complexity index is 391. The van der Waals surface area contributed by atoms with Crippen molar-refractivity contribution in [2.75, 3.05) is 0 Å². The first-order valence-corrected chi connectivity index (χ1v) is 6.74. The molecule has 0 aliphatic rings. The van der Waals surface area contributed by atoms with Crippen molar-refractivity contribution in [3.05, 3.63) is 34.1 Å². The molecule has 0 fully saturated rings. The molecule has 1 atom stereocenters. The van der Waals surface area contributed by atoms with Gasteiger partial charge >= 0.3 is 0 Å². The van der Waals surface area contributed by atoms with Gasteiger partial charge in [0.05, 0.1) is 9.30 Å². The van der Waals surface area contributed by atoms with Crippen molar-refractivity contribution in [2.45, 2.75) is 25.1 Å². The molecule has 1 aromatic rings. The van der Waals surface area contributed by atoms with Crippen LogP contribution >= 0.6 is 31.9 Å². The molecule has 0 saturated heterocycles. The average molecular weight is 352 g/mol. The van der Waals surface area contributed by atoms with Crippen molar-refractivity contribution >= 4 is 37.6 Å². The Morgan fingerprint density at radius 1 is 1.44 bits per heavy atom. The van der Waals surface area contributed by atoms with E-state index in [9.17, 15) is 9.18 Å². The van der Waals surface area contributed by atoms with E-state index in [2.05, 4.69) is 31.9 Å². The van der Waals surface area contributed by atoms with E-state index in [4.69, 9.17) is 0 Å². The standard InChI is InChI=1S/C12H13Br2FO/c1-7(2)12(16)10(14)5-8-3-4-9(13)11(15)6-8/h3-4,6-7,10H,5H2,1-2H3. The van der Waals surface area contributed by atoms with Gasteiger partial charge in [-0.25, -0.2) is 4.39 Å². The van der Waals surface area contributed by atoms with E-state index in [1.54, 1.807) is 6.07 Å². The van der Waals surface area contributed by atoms with Crippen LogP contribution in [0.4, 0.5) is 4.39 Å². The molecule has 0 spiro atoms. The predicted octanol–water partition coefficient (Wildman–Crippen LogP) is 4.12. The lowest BCUT2D eigenvalue weighted by molar-refractivity contribution is -0.121. The molecule has 1 aromatic carbocycles. The lowest BCUT2D eigenvalue weighted by atomic mass is 10.0. The zero-order valence-electron chi connectivity index (χ0n) is 9.14. The van der Waals surface area contributed by atoms with Crippen molar-refractivity contribution in [3.63, 3.8) is 0 Å². The van der Waals surface area contributed by atoms with E-state index in [1.807, 2.05) is 19.9 Å². The molecule has 0 aromatic heterocycles. The van der Waals surface area contributed by atoms with Crippen LogP contribution in [0.5, 0.6) is 0 Å². The van der Waals surface area contributed by atoms with Crippen LogP contribution in [0.25, 0.3) is 0 Å². The molecule has 0 N–H and O–H groups in total. The number of hydrogen-bond donors (Lipinski definition) is 0. The maximum atomic E-state index is 13.2. The summed E-state index contributed by atoms with van der Waals surface area (Å²) in [6, 6.07) is 4.92. The Hall–Kier alpha value is -0.220. The summed E-state index contributed by atoms with van der Waals surface area (Å²) in [5, 5.41) is 0. The van der Waals surface area contributed by atoms with E-state index in [0.717, 1.165) is 5.56 Å². The molecule has 0 aliphatic carbocycles. The number of hydrogen-bond acceptors (Lipinski definition) is 1. The van der Waals surface area contributed by atoms with Gasteiger partial charge in [-0.3, -0.25) is 4.79 Å². The number of carbonyl (C=O) groups excluding carboxylic acids is 1. The maximum Gasteiger partial charge on any atom is 0.149 e. The predicted molar refractivity (Wildman–Crippen MR) is 70.4 cm³/mol. The molecule has 0 heterocycles. The second-order valence-corrected chi connectivity index (χ2v) is 5.94. The SMILES string of the molecule is CC(C)C(=O)C(Br)Cc1ccc(Br)c(F)c1. The molecule has 0 radical (unpaired) electrons. The highest BCUT2D eigenvalue weighted by atomic mass is 79.9. The van der Waals surface area contributed by atoms with Crippen LogP contribution in [0.1, 0.15) is 19.4 Å². The number of rotatable bonds is 4. The third-order valence-electron chi connectivity index (χ3n) is 2.28. The fraction of sp³-hybridized carbons (Fsp3) is 0.417. The van der Waals surface area contributed by atoms with Crippen LogP contribution in [0.2, 0.25) is 0 Å². The Labute approximate surface area is 112 Å². The van der Waals surface area contributed by atoms with Crippen LogP contribution in [0, 0.1) is 11.7 Å². The Kier molecular flexibility index (Phi) is 5.12.